The van der Waals surface area contributed by atoms with Gasteiger partial charge in [0, 0.05) is 16.8 Å². The van der Waals surface area contributed by atoms with E-state index in [2.05, 4.69) is 5.32 Å². The molecule has 1 amide bonds. The summed E-state index contributed by atoms with van der Waals surface area (Å²) in [5, 5.41) is 12.8. The molecule has 3 nitrogen and oxygen atoms in total. The molecule has 3 heteroatoms. The van der Waals surface area contributed by atoms with E-state index in [1.807, 2.05) is 36.4 Å². The number of aryl methyl sites for hydroxylation is 1. The normalized spacial score (nSPS) is 17.2. The third kappa shape index (κ3) is 2.30. The van der Waals surface area contributed by atoms with Crippen LogP contribution in [0.15, 0.2) is 54.6 Å². The number of hydrogen-bond donors (Lipinski definition) is 2. The second-order valence-electron chi connectivity index (χ2n) is 4.78. The Kier molecular flexibility index (Phi) is 3.25. The van der Waals surface area contributed by atoms with Gasteiger partial charge in [0.2, 0.25) is 0 Å². The lowest BCUT2D eigenvalue weighted by Gasteiger charge is -2.16. The fourth-order valence-electron chi connectivity index (χ4n) is 2.45. The molecule has 0 spiro atoms. The van der Waals surface area contributed by atoms with E-state index in [1.54, 1.807) is 18.2 Å². The molecule has 3 rings (SSSR count). The van der Waals surface area contributed by atoms with Crippen LogP contribution in [0.3, 0.4) is 0 Å². The summed E-state index contributed by atoms with van der Waals surface area (Å²) in [5.41, 5.74) is 3.08. The third-order valence-electron chi connectivity index (χ3n) is 3.47. The summed E-state index contributed by atoms with van der Waals surface area (Å²) in [5.74, 6) is 0.0442. The number of fused-ring (bicyclic) bond motifs is 1. The Balaban J connectivity index is 1.98. The SMILES string of the molecule is O=C1N/C(c2ccccc2O)=C/CCc2ccccc21. The zero-order chi connectivity index (χ0) is 13.9. The van der Waals surface area contributed by atoms with E-state index >= 15 is 0 Å². The standard InChI is InChI=1S/C17H15NO2/c19-16-11-4-3-9-14(16)15-10-5-7-12-6-1-2-8-13(12)17(20)18-15/h1-4,6,8-11,19H,5,7H2,(H,18,20)/b15-10+. The molecule has 2 aromatic rings. The highest BCUT2D eigenvalue weighted by molar-refractivity contribution is 6.01. The second-order valence-corrected chi connectivity index (χ2v) is 4.78. The highest BCUT2D eigenvalue weighted by Crippen LogP contribution is 2.25. The first-order chi connectivity index (χ1) is 9.75. The van der Waals surface area contributed by atoms with Crippen molar-refractivity contribution < 1.29 is 9.90 Å². The van der Waals surface area contributed by atoms with Gasteiger partial charge in [0.25, 0.3) is 5.91 Å². The first kappa shape index (κ1) is 12.5. The number of allylic oxidation sites excluding steroid dienone is 1. The zero-order valence-corrected chi connectivity index (χ0v) is 11.0. The lowest BCUT2D eigenvalue weighted by Crippen LogP contribution is -2.24. The molecule has 0 saturated carbocycles. The van der Waals surface area contributed by atoms with Gasteiger partial charge in [0.15, 0.2) is 0 Å². The number of rotatable bonds is 1. The molecule has 1 aliphatic rings. The van der Waals surface area contributed by atoms with Gasteiger partial charge in [-0.3, -0.25) is 4.79 Å². The number of amides is 1. The Morgan fingerprint density at radius 3 is 2.45 bits per heavy atom. The number of phenols is 1. The molecule has 1 aliphatic heterocycles. The first-order valence-corrected chi connectivity index (χ1v) is 6.63. The second kappa shape index (κ2) is 5.21. The van der Waals surface area contributed by atoms with Gasteiger partial charge in [-0.05, 0) is 36.6 Å². The molecular weight excluding hydrogens is 250 g/mol. The van der Waals surface area contributed by atoms with Crippen molar-refractivity contribution in [3.05, 3.63) is 71.3 Å². The van der Waals surface area contributed by atoms with Crippen LogP contribution in [-0.2, 0) is 6.42 Å². The molecule has 0 aliphatic carbocycles. The van der Waals surface area contributed by atoms with E-state index in [9.17, 15) is 9.90 Å². The van der Waals surface area contributed by atoms with Crippen molar-refractivity contribution in [2.45, 2.75) is 12.8 Å². The van der Waals surface area contributed by atoms with Crippen molar-refractivity contribution in [2.24, 2.45) is 0 Å². The van der Waals surface area contributed by atoms with Gasteiger partial charge in [0.05, 0.1) is 0 Å². The molecular formula is C17H15NO2. The van der Waals surface area contributed by atoms with Crippen molar-refractivity contribution in [1.82, 2.24) is 5.32 Å². The number of phenolic OH excluding ortho intramolecular Hbond substituents is 1. The fraction of sp³-hybridized carbons (Fsp3) is 0.118. The monoisotopic (exact) mass is 265 g/mol. The van der Waals surface area contributed by atoms with Crippen LogP contribution in [0.25, 0.3) is 5.70 Å². The van der Waals surface area contributed by atoms with Crippen LogP contribution in [0.5, 0.6) is 5.75 Å². The number of nitrogens with one attached hydrogen (secondary N) is 1. The summed E-state index contributed by atoms with van der Waals surface area (Å²) >= 11 is 0. The predicted molar refractivity (Wildman–Crippen MR) is 78.3 cm³/mol. The lowest BCUT2D eigenvalue weighted by atomic mass is 9.98. The van der Waals surface area contributed by atoms with Crippen molar-refractivity contribution >= 4 is 11.6 Å². The summed E-state index contributed by atoms with van der Waals surface area (Å²) in [6.07, 6.45) is 3.60. The largest absolute Gasteiger partial charge is 0.507 e. The molecule has 1 heterocycles. The number of benzene rings is 2. The average Bonchev–Trinajstić information content (AvgIpc) is 2.45. The van der Waals surface area contributed by atoms with Gasteiger partial charge in [0.1, 0.15) is 5.75 Å². The Bertz CT molecular complexity index is 689. The summed E-state index contributed by atoms with van der Waals surface area (Å²) in [7, 11) is 0. The Morgan fingerprint density at radius 1 is 0.950 bits per heavy atom. The molecule has 0 aromatic heterocycles. The van der Waals surface area contributed by atoms with E-state index in [4.69, 9.17) is 0 Å². The molecule has 0 bridgehead atoms. The smallest absolute Gasteiger partial charge is 0.255 e. The van der Waals surface area contributed by atoms with Crippen molar-refractivity contribution in [3.63, 3.8) is 0 Å². The van der Waals surface area contributed by atoms with Gasteiger partial charge in [-0.1, -0.05) is 36.4 Å². The highest BCUT2D eigenvalue weighted by Gasteiger charge is 2.16. The summed E-state index contributed by atoms with van der Waals surface area (Å²) in [4.78, 5) is 12.3. The van der Waals surface area contributed by atoms with Crippen LogP contribution in [0.2, 0.25) is 0 Å². The van der Waals surface area contributed by atoms with Gasteiger partial charge < -0.3 is 10.4 Å². The van der Waals surface area contributed by atoms with E-state index in [0.29, 0.717) is 16.8 Å². The first-order valence-electron chi connectivity index (χ1n) is 6.63. The van der Waals surface area contributed by atoms with Crippen LogP contribution in [0.1, 0.15) is 27.9 Å². The highest BCUT2D eigenvalue weighted by atomic mass is 16.3. The van der Waals surface area contributed by atoms with Crippen LogP contribution < -0.4 is 5.32 Å². The molecule has 0 saturated heterocycles. The molecule has 0 fully saturated rings. The summed E-state index contributed by atoms with van der Waals surface area (Å²) in [6, 6.07) is 14.6. The van der Waals surface area contributed by atoms with Crippen molar-refractivity contribution in [3.8, 4) is 5.75 Å². The van der Waals surface area contributed by atoms with E-state index in [1.165, 1.54) is 0 Å². The Morgan fingerprint density at radius 2 is 1.65 bits per heavy atom. The maximum absolute atomic E-state index is 12.3. The predicted octanol–water partition coefficient (Wildman–Crippen LogP) is 3.11. The van der Waals surface area contributed by atoms with Crippen LogP contribution >= 0.6 is 0 Å². The Hall–Kier alpha value is -2.55. The number of para-hydroxylation sites is 1. The molecule has 20 heavy (non-hydrogen) atoms. The number of hydrogen-bond acceptors (Lipinski definition) is 2. The molecule has 0 unspecified atom stereocenters. The summed E-state index contributed by atoms with van der Waals surface area (Å²) < 4.78 is 0. The number of aromatic hydroxyl groups is 1. The van der Waals surface area contributed by atoms with Gasteiger partial charge in [-0.25, -0.2) is 0 Å². The minimum atomic E-state index is -0.130. The van der Waals surface area contributed by atoms with Crippen LogP contribution in [0, 0.1) is 0 Å². The average molecular weight is 265 g/mol. The number of carbonyl (C=O) groups excluding carboxylic acids is 1. The van der Waals surface area contributed by atoms with Crippen molar-refractivity contribution in [1.29, 1.82) is 0 Å². The van der Waals surface area contributed by atoms with Crippen molar-refractivity contribution in [2.75, 3.05) is 0 Å². The fourth-order valence-corrected chi connectivity index (χ4v) is 2.45. The maximum atomic E-state index is 12.3. The lowest BCUT2D eigenvalue weighted by molar-refractivity contribution is 0.0972. The van der Waals surface area contributed by atoms with E-state index in [-0.39, 0.29) is 11.7 Å². The summed E-state index contributed by atoms with van der Waals surface area (Å²) in [6.45, 7) is 0. The molecule has 100 valence electrons. The van der Waals surface area contributed by atoms with Gasteiger partial charge >= 0.3 is 0 Å². The molecule has 0 atom stereocenters. The minimum absolute atomic E-state index is 0.130. The van der Waals surface area contributed by atoms with E-state index in [0.717, 1.165) is 18.4 Å². The minimum Gasteiger partial charge on any atom is -0.507 e. The Labute approximate surface area is 117 Å². The number of carbonyl (C=O) groups is 1. The van der Waals surface area contributed by atoms with Crippen LogP contribution in [-0.4, -0.2) is 11.0 Å². The van der Waals surface area contributed by atoms with Gasteiger partial charge in [-0.15, -0.1) is 0 Å². The molecule has 2 aromatic carbocycles. The van der Waals surface area contributed by atoms with Crippen LogP contribution in [0.4, 0.5) is 0 Å². The third-order valence-corrected chi connectivity index (χ3v) is 3.47. The zero-order valence-electron chi connectivity index (χ0n) is 11.0. The maximum Gasteiger partial charge on any atom is 0.255 e. The topological polar surface area (TPSA) is 49.3 Å². The molecule has 2 N–H and O–H groups in total. The molecule has 0 radical (unpaired) electrons. The van der Waals surface area contributed by atoms with E-state index < -0.39 is 0 Å². The quantitative estimate of drug-likeness (QED) is 0.832. The van der Waals surface area contributed by atoms with Gasteiger partial charge in [-0.2, -0.15) is 0 Å².